The Morgan fingerprint density at radius 2 is 2.15 bits per heavy atom. The van der Waals surface area contributed by atoms with Gasteiger partial charge in [0.2, 0.25) is 10.0 Å². The topological polar surface area (TPSA) is 64.0 Å². The molecule has 74 valence electrons. The van der Waals surface area contributed by atoms with Crippen molar-refractivity contribution in [3.05, 3.63) is 12.4 Å². The first-order chi connectivity index (χ1) is 5.92. The van der Waals surface area contributed by atoms with E-state index >= 15 is 0 Å². The Morgan fingerprint density at radius 1 is 1.54 bits per heavy atom. The second kappa shape index (κ2) is 3.37. The predicted octanol–water partition coefficient (Wildman–Crippen LogP) is 0.570. The molecule has 13 heavy (non-hydrogen) atoms. The average Bonchev–Trinajstić information content (AvgIpc) is 2.34. The molecule has 0 bridgehead atoms. The highest BCUT2D eigenvalue weighted by molar-refractivity contribution is 7.93. The molecule has 1 aromatic rings. The Kier molecular flexibility index (Phi) is 2.60. The zero-order valence-electron chi connectivity index (χ0n) is 7.85. The minimum atomic E-state index is -3.24. The Balaban J connectivity index is 2.81. The number of aryl methyl sites for hydroxylation is 1. The van der Waals surface area contributed by atoms with Crippen molar-refractivity contribution in [1.29, 1.82) is 0 Å². The summed E-state index contributed by atoms with van der Waals surface area (Å²) in [5, 5.41) is 3.41. The molecule has 1 rings (SSSR count). The maximum absolute atomic E-state index is 11.4. The number of sulfonamides is 1. The van der Waals surface area contributed by atoms with Crippen LogP contribution in [0.1, 0.15) is 13.8 Å². The van der Waals surface area contributed by atoms with Crippen LogP contribution in [0.2, 0.25) is 0 Å². The van der Waals surface area contributed by atoms with Crippen LogP contribution >= 0.6 is 0 Å². The molecule has 0 aliphatic heterocycles. The molecule has 1 N–H and O–H groups in total. The summed E-state index contributed by atoms with van der Waals surface area (Å²) >= 11 is 0. The molecular weight excluding hydrogens is 190 g/mol. The number of anilines is 1. The van der Waals surface area contributed by atoms with E-state index in [1.165, 1.54) is 10.9 Å². The Hall–Kier alpha value is -1.04. The monoisotopic (exact) mass is 203 g/mol. The van der Waals surface area contributed by atoms with Crippen molar-refractivity contribution in [2.45, 2.75) is 19.1 Å². The molecule has 0 atom stereocenters. The summed E-state index contributed by atoms with van der Waals surface area (Å²) in [7, 11) is -1.51. The van der Waals surface area contributed by atoms with E-state index in [0.717, 1.165) is 0 Å². The first kappa shape index (κ1) is 10.0. The predicted molar refractivity (Wildman–Crippen MR) is 50.9 cm³/mol. The van der Waals surface area contributed by atoms with Crippen LogP contribution in [0.15, 0.2) is 12.4 Å². The largest absolute Gasteiger partial charge is 0.280 e. The average molecular weight is 203 g/mol. The SMILES string of the molecule is CC(C)S(=O)(=O)Nc1cnn(C)c1. The van der Waals surface area contributed by atoms with Gasteiger partial charge in [0.1, 0.15) is 0 Å². The van der Waals surface area contributed by atoms with E-state index in [-0.39, 0.29) is 0 Å². The van der Waals surface area contributed by atoms with E-state index in [1.807, 2.05) is 0 Å². The van der Waals surface area contributed by atoms with Crippen LogP contribution in [0.4, 0.5) is 5.69 Å². The van der Waals surface area contributed by atoms with Gasteiger partial charge in [-0.15, -0.1) is 0 Å². The van der Waals surface area contributed by atoms with Gasteiger partial charge >= 0.3 is 0 Å². The molecule has 5 nitrogen and oxygen atoms in total. The summed E-state index contributed by atoms with van der Waals surface area (Å²) in [5.41, 5.74) is 0.496. The van der Waals surface area contributed by atoms with E-state index in [0.29, 0.717) is 5.69 Å². The van der Waals surface area contributed by atoms with Crippen molar-refractivity contribution in [2.75, 3.05) is 4.72 Å². The smallest absolute Gasteiger partial charge is 0.235 e. The van der Waals surface area contributed by atoms with Crippen LogP contribution in [0.5, 0.6) is 0 Å². The highest BCUT2D eigenvalue weighted by Gasteiger charge is 2.15. The van der Waals surface area contributed by atoms with Gasteiger partial charge in [-0.2, -0.15) is 5.10 Å². The van der Waals surface area contributed by atoms with Gasteiger partial charge in [-0.1, -0.05) is 0 Å². The number of nitrogens with one attached hydrogen (secondary N) is 1. The first-order valence-electron chi connectivity index (χ1n) is 3.92. The zero-order valence-corrected chi connectivity index (χ0v) is 8.67. The number of hydrogen-bond acceptors (Lipinski definition) is 3. The molecule has 6 heteroatoms. The molecule has 0 radical (unpaired) electrons. The van der Waals surface area contributed by atoms with Crippen molar-refractivity contribution >= 4 is 15.7 Å². The maximum Gasteiger partial charge on any atom is 0.235 e. The van der Waals surface area contributed by atoms with Gasteiger partial charge in [0.15, 0.2) is 0 Å². The minimum Gasteiger partial charge on any atom is -0.280 e. The van der Waals surface area contributed by atoms with E-state index in [9.17, 15) is 8.42 Å². The Labute approximate surface area is 77.8 Å². The standard InChI is InChI=1S/C7H13N3O2S/c1-6(2)13(11,12)9-7-4-8-10(3)5-7/h4-6,9H,1-3H3. The van der Waals surface area contributed by atoms with Crippen LogP contribution in [-0.4, -0.2) is 23.4 Å². The van der Waals surface area contributed by atoms with Crippen molar-refractivity contribution in [3.63, 3.8) is 0 Å². The normalized spacial score (nSPS) is 12.0. The summed E-state index contributed by atoms with van der Waals surface area (Å²) < 4.78 is 26.7. The number of aromatic nitrogens is 2. The van der Waals surface area contributed by atoms with Crippen molar-refractivity contribution < 1.29 is 8.42 Å². The highest BCUT2D eigenvalue weighted by atomic mass is 32.2. The van der Waals surface area contributed by atoms with Crippen LogP contribution in [0, 0.1) is 0 Å². The first-order valence-corrected chi connectivity index (χ1v) is 5.47. The quantitative estimate of drug-likeness (QED) is 0.781. The van der Waals surface area contributed by atoms with Gasteiger partial charge in [0.05, 0.1) is 17.1 Å². The lowest BCUT2D eigenvalue weighted by atomic mass is 10.6. The van der Waals surface area contributed by atoms with Crippen LogP contribution in [-0.2, 0) is 17.1 Å². The third-order valence-corrected chi connectivity index (χ3v) is 3.35. The number of hydrogen-bond donors (Lipinski definition) is 1. The molecule has 1 aromatic heterocycles. The molecule has 0 saturated carbocycles. The molecule has 1 heterocycles. The van der Waals surface area contributed by atoms with E-state index < -0.39 is 15.3 Å². The van der Waals surface area contributed by atoms with Gasteiger partial charge in [0.25, 0.3) is 0 Å². The van der Waals surface area contributed by atoms with Gasteiger partial charge in [-0.05, 0) is 13.8 Å². The fourth-order valence-corrected chi connectivity index (χ4v) is 1.43. The summed E-state index contributed by atoms with van der Waals surface area (Å²) in [4.78, 5) is 0. The van der Waals surface area contributed by atoms with Crippen molar-refractivity contribution in [1.82, 2.24) is 9.78 Å². The lowest BCUT2D eigenvalue weighted by molar-refractivity contribution is 0.593. The summed E-state index contributed by atoms with van der Waals surface area (Å²) in [6, 6.07) is 0. The molecule has 0 amide bonds. The lowest BCUT2D eigenvalue weighted by Crippen LogP contribution is -2.22. The third kappa shape index (κ3) is 2.45. The summed E-state index contributed by atoms with van der Waals surface area (Å²) in [5.74, 6) is 0. The molecule has 0 aliphatic carbocycles. The zero-order chi connectivity index (χ0) is 10.1. The van der Waals surface area contributed by atoms with Crippen molar-refractivity contribution in [3.8, 4) is 0 Å². The summed E-state index contributed by atoms with van der Waals surface area (Å²) in [6.07, 6.45) is 3.08. The van der Waals surface area contributed by atoms with E-state index in [4.69, 9.17) is 0 Å². The third-order valence-electron chi connectivity index (χ3n) is 1.59. The number of rotatable bonds is 3. The molecule has 0 fully saturated rings. The molecule has 0 unspecified atom stereocenters. The fourth-order valence-electron chi connectivity index (χ4n) is 0.756. The number of nitrogens with zero attached hydrogens (tertiary/aromatic N) is 2. The van der Waals surface area contributed by atoms with E-state index in [2.05, 4.69) is 9.82 Å². The Morgan fingerprint density at radius 3 is 2.54 bits per heavy atom. The molecule has 0 spiro atoms. The van der Waals surface area contributed by atoms with Gasteiger partial charge < -0.3 is 0 Å². The molecule has 0 saturated heterocycles. The van der Waals surface area contributed by atoms with Crippen LogP contribution in [0.3, 0.4) is 0 Å². The van der Waals surface area contributed by atoms with Gasteiger partial charge in [-0.3, -0.25) is 9.40 Å². The second-order valence-electron chi connectivity index (χ2n) is 3.10. The molecule has 0 aromatic carbocycles. The second-order valence-corrected chi connectivity index (χ2v) is 5.34. The van der Waals surface area contributed by atoms with E-state index in [1.54, 1.807) is 27.1 Å². The van der Waals surface area contributed by atoms with Crippen LogP contribution in [0.25, 0.3) is 0 Å². The van der Waals surface area contributed by atoms with Crippen LogP contribution < -0.4 is 4.72 Å². The molecule has 0 aliphatic rings. The summed E-state index contributed by atoms with van der Waals surface area (Å²) in [6.45, 7) is 3.25. The fraction of sp³-hybridized carbons (Fsp3) is 0.571. The Bertz CT molecular complexity index is 380. The highest BCUT2D eigenvalue weighted by Crippen LogP contribution is 2.09. The molecular formula is C7H13N3O2S. The van der Waals surface area contributed by atoms with Gasteiger partial charge in [0, 0.05) is 13.2 Å². The van der Waals surface area contributed by atoms with Gasteiger partial charge in [-0.25, -0.2) is 8.42 Å². The maximum atomic E-state index is 11.4. The van der Waals surface area contributed by atoms with Crippen molar-refractivity contribution in [2.24, 2.45) is 7.05 Å². The lowest BCUT2D eigenvalue weighted by Gasteiger charge is -2.07. The minimum absolute atomic E-state index is 0.437.